The number of hydrogen-bond acceptors (Lipinski definition) is 4. The standard InChI is InChI=1S/C13H18N2O3/c1-15(10-3-5-11(17-2)6-4-10)13(16)12-9-18-8-7-14-12/h3-6,12,14H,7-9H2,1-2H3. The van der Waals surface area contributed by atoms with Crippen molar-refractivity contribution in [3.8, 4) is 5.75 Å². The molecule has 1 fully saturated rings. The maximum absolute atomic E-state index is 12.2. The molecule has 18 heavy (non-hydrogen) atoms. The van der Waals surface area contributed by atoms with Crippen molar-refractivity contribution in [2.45, 2.75) is 6.04 Å². The fourth-order valence-corrected chi connectivity index (χ4v) is 1.89. The molecule has 1 saturated heterocycles. The van der Waals surface area contributed by atoms with E-state index in [1.807, 2.05) is 24.3 Å². The van der Waals surface area contributed by atoms with Crippen molar-refractivity contribution < 1.29 is 14.3 Å². The largest absolute Gasteiger partial charge is 0.497 e. The predicted molar refractivity (Wildman–Crippen MR) is 69.0 cm³/mol. The van der Waals surface area contributed by atoms with Crippen molar-refractivity contribution in [1.29, 1.82) is 0 Å². The molecule has 1 aromatic carbocycles. The van der Waals surface area contributed by atoms with E-state index in [1.54, 1.807) is 19.1 Å². The molecule has 1 aromatic rings. The van der Waals surface area contributed by atoms with E-state index in [0.29, 0.717) is 19.8 Å². The molecule has 0 saturated carbocycles. The number of nitrogens with one attached hydrogen (secondary N) is 1. The Bertz CT molecular complexity index is 399. The first-order valence-electron chi connectivity index (χ1n) is 5.95. The van der Waals surface area contributed by atoms with Gasteiger partial charge in [-0.1, -0.05) is 0 Å². The first-order valence-corrected chi connectivity index (χ1v) is 5.95. The van der Waals surface area contributed by atoms with Crippen molar-refractivity contribution in [2.24, 2.45) is 0 Å². The number of amides is 1. The lowest BCUT2D eigenvalue weighted by Gasteiger charge is -2.27. The van der Waals surface area contributed by atoms with E-state index in [0.717, 1.165) is 11.4 Å². The van der Waals surface area contributed by atoms with Crippen LogP contribution in [0.5, 0.6) is 5.75 Å². The van der Waals surface area contributed by atoms with Gasteiger partial charge in [0, 0.05) is 19.3 Å². The average molecular weight is 250 g/mol. The first-order chi connectivity index (χ1) is 8.72. The number of ether oxygens (including phenoxy) is 2. The molecule has 0 radical (unpaired) electrons. The number of morpholine rings is 1. The molecule has 5 heteroatoms. The number of rotatable bonds is 3. The van der Waals surface area contributed by atoms with E-state index >= 15 is 0 Å². The summed E-state index contributed by atoms with van der Waals surface area (Å²) in [5.41, 5.74) is 0.841. The Morgan fingerprint density at radius 3 is 2.72 bits per heavy atom. The van der Waals surface area contributed by atoms with Crippen LogP contribution in [-0.2, 0) is 9.53 Å². The summed E-state index contributed by atoms with van der Waals surface area (Å²) in [6.07, 6.45) is 0. The van der Waals surface area contributed by atoms with E-state index in [1.165, 1.54) is 0 Å². The van der Waals surface area contributed by atoms with Gasteiger partial charge in [-0.2, -0.15) is 0 Å². The highest BCUT2D eigenvalue weighted by atomic mass is 16.5. The summed E-state index contributed by atoms with van der Waals surface area (Å²) in [4.78, 5) is 13.8. The summed E-state index contributed by atoms with van der Waals surface area (Å²) < 4.78 is 10.4. The van der Waals surface area contributed by atoms with Crippen LogP contribution in [0.4, 0.5) is 5.69 Å². The Balaban J connectivity index is 2.04. The zero-order valence-electron chi connectivity index (χ0n) is 10.7. The molecule has 0 aliphatic carbocycles. The Hall–Kier alpha value is -1.59. The van der Waals surface area contributed by atoms with Crippen LogP contribution in [0.2, 0.25) is 0 Å². The minimum Gasteiger partial charge on any atom is -0.497 e. The van der Waals surface area contributed by atoms with Crippen molar-refractivity contribution in [1.82, 2.24) is 5.32 Å². The highest BCUT2D eigenvalue weighted by Crippen LogP contribution is 2.18. The third-order valence-electron chi connectivity index (χ3n) is 3.01. The molecule has 1 N–H and O–H groups in total. The van der Waals surface area contributed by atoms with Gasteiger partial charge in [0.2, 0.25) is 5.91 Å². The molecule has 1 amide bonds. The van der Waals surface area contributed by atoms with Crippen molar-refractivity contribution in [2.75, 3.05) is 38.8 Å². The molecule has 1 heterocycles. The summed E-state index contributed by atoms with van der Waals surface area (Å²) in [6, 6.07) is 7.14. The molecular formula is C13H18N2O3. The van der Waals surface area contributed by atoms with Crippen LogP contribution in [0.3, 0.4) is 0 Å². The summed E-state index contributed by atoms with van der Waals surface area (Å²) >= 11 is 0. The minimum absolute atomic E-state index is 0.0138. The van der Waals surface area contributed by atoms with E-state index in [2.05, 4.69) is 5.32 Å². The molecular weight excluding hydrogens is 232 g/mol. The van der Waals surface area contributed by atoms with Gasteiger partial charge in [0.15, 0.2) is 0 Å². The second-order valence-electron chi connectivity index (χ2n) is 4.18. The summed E-state index contributed by atoms with van der Waals surface area (Å²) in [5, 5.41) is 3.15. The maximum Gasteiger partial charge on any atom is 0.246 e. The molecule has 0 bridgehead atoms. The number of benzene rings is 1. The minimum atomic E-state index is -0.258. The van der Waals surface area contributed by atoms with Crippen LogP contribution in [-0.4, -0.2) is 45.9 Å². The van der Waals surface area contributed by atoms with Crippen LogP contribution in [0.1, 0.15) is 0 Å². The van der Waals surface area contributed by atoms with Gasteiger partial charge in [0.1, 0.15) is 11.8 Å². The lowest BCUT2D eigenvalue weighted by Crippen LogP contribution is -2.51. The number of likely N-dealkylation sites (N-methyl/N-ethyl adjacent to an activating group) is 1. The van der Waals surface area contributed by atoms with Gasteiger partial charge in [0.25, 0.3) is 0 Å². The normalized spacial score (nSPS) is 19.3. The van der Waals surface area contributed by atoms with Gasteiger partial charge in [-0.05, 0) is 24.3 Å². The third kappa shape index (κ3) is 2.80. The topological polar surface area (TPSA) is 50.8 Å². The van der Waals surface area contributed by atoms with Crippen molar-refractivity contribution in [3.63, 3.8) is 0 Å². The van der Waals surface area contributed by atoms with Gasteiger partial charge < -0.3 is 19.7 Å². The highest BCUT2D eigenvalue weighted by molar-refractivity contribution is 5.96. The molecule has 1 unspecified atom stereocenters. The van der Waals surface area contributed by atoms with E-state index < -0.39 is 0 Å². The molecule has 1 atom stereocenters. The van der Waals surface area contributed by atoms with Crippen molar-refractivity contribution >= 4 is 11.6 Å². The van der Waals surface area contributed by atoms with E-state index in [4.69, 9.17) is 9.47 Å². The second kappa shape index (κ2) is 5.84. The summed E-state index contributed by atoms with van der Waals surface area (Å²) in [7, 11) is 3.38. The van der Waals surface area contributed by atoms with Crippen LogP contribution in [0.15, 0.2) is 24.3 Å². The van der Waals surface area contributed by atoms with Crippen LogP contribution in [0, 0.1) is 0 Å². The number of nitrogens with zero attached hydrogens (tertiary/aromatic N) is 1. The average Bonchev–Trinajstić information content (AvgIpc) is 2.47. The van der Waals surface area contributed by atoms with Crippen LogP contribution >= 0.6 is 0 Å². The molecule has 5 nitrogen and oxygen atoms in total. The van der Waals surface area contributed by atoms with Crippen molar-refractivity contribution in [3.05, 3.63) is 24.3 Å². The zero-order valence-corrected chi connectivity index (χ0v) is 10.7. The van der Waals surface area contributed by atoms with E-state index in [-0.39, 0.29) is 11.9 Å². The third-order valence-corrected chi connectivity index (χ3v) is 3.01. The van der Waals surface area contributed by atoms with Gasteiger partial charge in [-0.3, -0.25) is 4.79 Å². The number of hydrogen-bond donors (Lipinski definition) is 1. The molecule has 0 spiro atoms. The number of carbonyl (C=O) groups is 1. The zero-order chi connectivity index (χ0) is 13.0. The number of carbonyl (C=O) groups excluding carboxylic acids is 1. The Morgan fingerprint density at radius 2 is 2.17 bits per heavy atom. The summed E-state index contributed by atoms with van der Waals surface area (Å²) in [6.45, 7) is 1.81. The Kier molecular flexibility index (Phi) is 4.17. The Morgan fingerprint density at radius 1 is 1.44 bits per heavy atom. The van der Waals surface area contributed by atoms with Gasteiger partial charge in [0.05, 0.1) is 20.3 Å². The maximum atomic E-state index is 12.2. The molecule has 1 aliphatic heterocycles. The molecule has 2 rings (SSSR count). The molecule has 98 valence electrons. The number of methoxy groups -OCH3 is 1. The first kappa shape index (κ1) is 12.9. The smallest absolute Gasteiger partial charge is 0.246 e. The fourth-order valence-electron chi connectivity index (χ4n) is 1.89. The van der Waals surface area contributed by atoms with Gasteiger partial charge >= 0.3 is 0 Å². The highest BCUT2D eigenvalue weighted by Gasteiger charge is 2.24. The molecule has 1 aliphatic rings. The van der Waals surface area contributed by atoms with Gasteiger partial charge in [-0.15, -0.1) is 0 Å². The second-order valence-corrected chi connectivity index (χ2v) is 4.18. The van der Waals surface area contributed by atoms with Gasteiger partial charge in [-0.25, -0.2) is 0 Å². The predicted octanol–water partition coefficient (Wildman–Crippen LogP) is 0.646. The Labute approximate surface area is 107 Å². The summed E-state index contributed by atoms with van der Waals surface area (Å²) in [5.74, 6) is 0.790. The SMILES string of the molecule is COc1ccc(N(C)C(=O)C2COCCN2)cc1. The lowest BCUT2D eigenvalue weighted by atomic mass is 10.2. The number of anilines is 1. The van der Waals surface area contributed by atoms with E-state index in [9.17, 15) is 4.79 Å². The molecule has 0 aromatic heterocycles. The lowest BCUT2D eigenvalue weighted by molar-refractivity contribution is -0.123. The fraction of sp³-hybridized carbons (Fsp3) is 0.462. The van der Waals surface area contributed by atoms with Crippen LogP contribution in [0.25, 0.3) is 0 Å². The quantitative estimate of drug-likeness (QED) is 0.855. The van der Waals surface area contributed by atoms with Crippen LogP contribution < -0.4 is 15.0 Å². The monoisotopic (exact) mass is 250 g/mol.